The summed E-state index contributed by atoms with van der Waals surface area (Å²) in [6.45, 7) is 0. The zero-order valence-electron chi connectivity index (χ0n) is 14.2. The number of hydrogen-bond acceptors (Lipinski definition) is 4. The summed E-state index contributed by atoms with van der Waals surface area (Å²) >= 11 is 1.44. The van der Waals surface area contributed by atoms with Crippen molar-refractivity contribution in [2.45, 2.75) is 11.2 Å². The number of carbonyl (C=O) groups excluding carboxylic acids is 1. The van der Waals surface area contributed by atoms with E-state index in [1.54, 1.807) is 12.5 Å². The van der Waals surface area contributed by atoms with Crippen molar-refractivity contribution in [3.8, 4) is 22.6 Å². The monoisotopic (exact) mass is 370 g/mol. The van der Waals surface area contributed by atoms with E-state index in [-0.39, 0.29) is 16.3 Å². The van der Waals surface area contributed by atoms with Crippen LogP contribution in [-0.2, 0) is 4.79 Å². The lowest BCUT2D eigenvalue weighted by Crippen LogP contribution is -2.28. The number of carbonyl (C=O) groups is 1. The standard InChI is InChI=1S/C23H14O3S/c24-23-21-15-7-5-14(20-4-2-10-26-20)12-18(15)22(27-23)16-8-6-13(11-17(16)21)19-3-1-9-25-19/h1-12,21-22H. The number of thioether (sulfide) groups is 1. The second kappa shape index (κ2) is 5.51. The average molecular weight is 370 g/mol. The van der Waals surface area contributed by atoms with Crippen molar-refractivity contribution >= 4 is 16.9 Å². The predicted octanol–water partition coefficient (Wildman–Crippen LogP) is 6.01. The van der Waals surface area contributed by atoms with E-state index in [2.05, 4.69) is 30.3 Å². The summed E-state index contributed by atoms with van der Waals surface area (Å²) in [5.74, 6) is 1.46. The van der Waals surface area contributed by atoms with Crippen molar-refractivity contribution in [2.75, 3.05) is 0 Å². The summed E-state index contributed by atoms with van der Waals surface area (Å²) in [6, 6.07) is 20.3. The molecule has 2 unspecified atom stereocenters. The van der Waals surface area contributed by atoms with E-state index >= 15 is 0 Å². The molecule has 27 heavy (non-hydrogen) atoms. The van der Waals surface area contributed by atoms with Gasteiger partial charge in [0.25, 0.3) is 0 Å². The molecule has 0 amide bonds. The van der Waals surface area contributed by atoms with Crippen LogP contribution in [0.15, 0.2) is 82.0 Å². The third-order valence-electron chi connectivity index (χ3n) is 5.44. The summed E-state index contributed by atoms with van der Waals surface area (Å²) in [5.41, 5.74) is 6.73. The topological polar surface area (TPSA) is 43.4 Å². The summed E-state index contributed by atoms with van der Waals surface area (Å²) in [4.78, 5) is 12.8. The molecule has 2 atom stereocenters. The number of benzene rings is 2. The molecule has 2 aromatic heterocycles. The molecule has 4 aromatic rings. The minimum Gasteiger partial charge on any atom is -0.464 e. The van der Waals surface area contributed by atoms with Gasteiger partial charge in [0.1, 0.15) is 11.5 Å². The van der Waals surface area contributed by atoms with Gasteiger partial charge in [-0.25, -0.2) is 0 Å². The highest BCUT2D eigenvalue weighted by Crippen LogP contribution is 2.57. The van der Waals surface area contributed by atoms with Crippen LogP contribution in [0.5, 0.6) is 0 Å². The van der Waals surface area contributed by atoms with Crippen LogP contribution in [0.3, 0.4) is 0 Å². The Morgan fingerprint density at radius 1 is 0.704 bits per heavy atom. The SMILES string of the molecule is O=C1SC2c3cc(-c4ccco4)ccc3C1c1cc(-c3ccco3)ccc12. The first-order valence-electron chi connectivity index (χ1n) is 8.85. The van der Waals surface area contributed by atoms with Crippen molar-refractivity contribution in [1.29, 1.82) is 0 Å². The third kappa shape index (κ3) is 2.14. The van der Waals surface area contributed by atoms with Gasteiger partial charge in [0.2, 0.25) is 5.12 Å². The number of rotatable bonds is 2. The molecular formula is C23H14O3S. The maximum atomic E-state index is 12.8. The second-order valence-electron chi connectivity index (χ2n) is 6.89. The Hall–Kier alpha value is -2.98. The molecule has 7 rings (SSSR count). The Bertz CT molecular complexity index is 1170. The van der Waals surface area contributed by atoms with Gasteiger partial charge < -0.3 is 8.83 Å². The van der Waals surface area contributed by atoms with Crippen LogP contribution in [0, 0.1) is 0 Å². The van der Waals surface area contributed by atoms with Gasteiger partial charge in [-0.15, -0.1) is 0 Å². The lowest BCUT2D eigenvalue weighted by atomic mass is 9.76. The Balaban J connectivity index is 1.52. The van der Waals surface area contributed by atoms with E-state index in [1.165, 1.54) is 22.9 Å². The van der Waals surface area contributed by atoms with Gasteiger partial charge in [-0.1, -0.05) is 36.0 Å². The lowest BCUT2D eigenvalue weighted by Gasteiger charge is -2.38. The molecule has 3 aliphatic rings. The first-order valence-corrected chi connectivity index (χ1v) is 9.73. The van der Waals surface area contributed by atoms with Crippen molar-refractivity contribution in [2.24, 2.45) is 0 Å². The van der Waals surface area contributed by atoms with Crippen LogP contribution in [-0.4, -0.2) is 5.12 Å². The van der Waals surface area contributed by atoms with Gasteiger partial charge in [0.15, 0.2) is 0 Å². The molecule has 0 N–H and O–H groups in total. The molecule has 2 bridgehead atoms. The maximum Gasteiger partial charge on any atom is 0.201 e. The third-order valence-corrected chi connectivity index (χ3v) is 6.65. The minimum atomic E-state index is -0.217. The summed E-state index contributed by atoms with van der Waals surface area (Å²) in [6.07, 6.45) is 3.36. The van der Waals surface area contributed by atoms with Crippen LogP contribution in [0.2, 0.25) is 0 Å². The fourth-order valence-electron chi connectivity index (χ4n) is 4.22. The Morgan fingerprint density at radius 3 is 1.96 bits per heavy atom. The molecule has 2 aromatic carbocycles. The first-order chi connectivity index (χ1) is 13.3. The average Bonchev–Trinajstić information content (AvgIpc) is 3.41. The fourth-order valence-corrected chi connectivity index (χ4v) is 5.52. The van der Waals surface area contributed by atoms with Crippen LogP contribution in [0.25, 0.3) is 22.6 Å². The van der Waals surface area contributed by atoms with Crippen LogP contribution >= 0.6 is 11.8 Å². The Morgan fingerprint density at radius 2 is 1.33 bits per heavy atom. The van der Waals surface area contributed by atoms with Gasteiger partial charge in [-0.3, -0.25) is 4.79 Å². The predicted molar refractivity (Wildman–Crippen MR) is 105 cm³/mol. The minimum absolute atomic E-state index is 0.0352. The lowest BCUT2D eigenvalue weighted by molar-refractivity contribution is -0.111. The summed E-state index contributed by atoms with van der Waals surface area (Å²) < 4.78 is 11.1. The fraction of sp³-hybridized carbons (Fsp3) is 0.0870. The smallest absolute Gasteiger partial charge is 0.201 e. The highest BCUT2D eigenvalue weighted by atomic mass is 32.2. The van der Waals surface area contributed by atoms with E-state index in [1.807, 2.05) is 30.3 Å². The second-order valence-corrected chi connectivity index (χ2v) is 8.00. The molecule has 0 saturated heterocycles. The van der Waals surface area contributed by atoms with Crippen LogP contribution in [0.4, 0.5) is 0 Å². The first kappa shape index (κ1) is 15.1. The van der Waals surface area contributed by atoms with Crippen molar-refractivity contribution < 1.29 is 13.6 Å². The molecule has 0 radical (unpaired) electrons. The van der Waals surface area contributed by atoms with E-state index < -0.39 is 0 Å². The Labute approximate surface area is 160 Å². The quantitative estimate of drug-likeness (QED) is 0.433. The summed E-state index contributed by atoms with van der Waals surface area (Å²) in [5, 5.41) is 0.260. The zero-order chi connectivity index (χ0) is 18.0. The molecular weight excluding hydrogens is 356 g/mol. The van der Waals surface area contributed by atoms with E-state index in [9.17, 15) is 4.79 Å². The number of furan rings is 2. The maximum absolute atomic E-state index is 12.8. The van der Waals surface area contributed by atoms with Gasteiger partial charge in [-0.05, 0) is 58.7 Å². The van der Waals surface area contributed by atoms with E-state index in [0.29, 0.717) is 0 Å². The molecule has 1 aliphatic carbocycles. The molecule has 3 nitrogen and oxygen atoms in total. The molecule has 2 aliphatic heterocycles. The van der Waals surface area contributed by atoms with Gasteiger partial charge in [0.05, 0.1) is 23.7 Å². The van der Waals surface area contributed by atoms with Crippen LogP contribution in [0.1, 0.15) is 33.4 Å². The molecule has 0 fully saturated rings. The molecule has 130 valence electrons. The Kier molecular flexibility index (Phi) is 3.08. The van der Waals surface area contributed by atoms with Crippen molar-refractivity contribution in [1.82, 2.24) is 0 Å². The zero-order valence-corrected chi connectivity index (χ0v) is 15.0. The highest BCUT2D eigenvalue weighted by molar-refractivity contribution is 8.14. The van der Waals surface area contributed by atoms with Gasteiger partial charge in [0, 0.05) is 11.1 Å². The highest BCUT2D eigenvalue weighted by Gasteiger charge is 2.43. The van der Waals surface area contributed by atoms with E-state index in [4.69, 9.17) is 8.83 Å². The van der Waals surface area contributed by atoms with Crippen molar-refractivity contribution in [3.05, 3.63) is 95.4 Å². The van der Waals surface area contributed by atoms with Gasteiger partial charge >= 0.3 is 0 Å². The van der Waals surface area contributed by atoms with Crippen LogP contribution < -0.4 is 0 Å². The largest absolute Gasteiger partial charge is 0.464 e. The normalized spacial score (nSPS) is 19.8. The van der Waals surface area contributed by atoms with E-state index in [0.717, 1.165) is 33.8 Å². The molecule has 0 spiro atoms. The van der Waals surface area contributed by atoms with Gasteiger partial charge in [-0.2, -0.15) is 0 Å². The summed E-state index contributed by atoms with van der Waals surface area (Å²) in [7, 11) is 0. The number of fused-ring (bicyclic) bond motifs is 1. The molecule has 4 heterocycles. The van der Waals surface area contributed by atoms with Crippen molar-refractivity contribution in [3.63, 3.8) is 0 Å². The molecule has 4 heteroatoms. The number of hydrogen-bond donors (Lipinski definition) is 0. The molecule has 0 saturated carbocycles.